The molecule has 0 radical (unpaired) electrons. The van der Waals surface area contributed by atoms with Gasteiger partial charge < -0.3 is 14.4 Å². The van der Waals surface area contributed by atoms with E-state index in [1.807, 2.05) is 12.1 Å². The highest BCUT2D eigenvalue weighted by atomic mass is 19.1. The summed E-state index contributed by atoms with van der Waals surface area (Å²) in [4.78, 5) is 26.0. The van der Waals surface area contributed by atoms with Crippen LogP contribution in [0.15, 0.2) is 36.4 Å². The molecule has 1 saturated carbocycles. The molecule has 2 aromatic carbocycles. The van der Waals surface area contributed by atoms with Crippen LogP contribution in [0, 0.1) is 11.7 Å². The van der Waals surface area contributed by atoms with Crippen molar-refractivity contribution in [3.8, 4) is 11.5 Å². The van der Waals surface area contributed by atoms with Gasteiger partial charge in [0.05, 0.1) is 12.2 Å². The largest absolute Gasteiger partial charge is 0.493 e. The van der Waals surface area contributed by atoms with E-state index in [1.54, 1.807) is 4.90 Å². The average Bonchev–Trinajstić information content (AvgIpc) is 3.27. The van der Waals surface area contributed by atoms with E-state index >= 15 is 0 Å². The molecular weight excluding hydrogens is 397 g/mol. The van der Waals surface area contributed by atoms with E-state index in [1.165, 1.54) is 43.4 Å². The van der Waals surface area contributed by atoms with Crippen LogP contribution in [0.1, 0.15) is 53.1 Å². The van der Waals surface area contributed by atoms with E-state index in [0.29, 0.717) is 36.9 Å². The Kier molecular flexibility index (Phi) is 5.38. The standard InChI is InChI=1S/C25H26FNO4/c26-22-11-24-18(9-19(28)15-31-24)10-21(22)25(29)27-12-16(13-27)14-30-23-8-4-3-7-20(23)17-5-1-2-6-17/h3-4,7-8,10-11,16-17H,1-2,5-6,9,12-15H2. The smallest absolute Gasteiger partial charge is 0.256 e. The summed E-state index contributed by atoms with van der Waals surface area (Å²) in [5.41, 5.74) is 1.87. The second kappa shape index (κ2) is 8.33. The van der Waals surface area contributed by atoms with Gasteiger partial charge in [-0.05, 0) is 36.5 Å². The predicted octanol–water partition coefficient (Wildman–Crippen LogP) is 4.14. The Morgan fingerprint density at radius 1 is 1.16 bits per heavy atom. The van der Waals surface area contributed by atoms with Gasteiger partial charge in [0.25, 0.3) is 5.91 Å². The van der Waals surface area contributed by atoms with Gasteiger partial charge in [0, 0.05) is 37.1 Å². The van der Waals surface area contributed by atoms with E-state index in [9.17, 15) is 14.0 Å². The molecule has 0 aromatic heterocycles. The minimum atomic E-state index is -0.608. The molecule has 5 nitrogen and oxygen atoms in total. The highest BCUT2D eigenvalue weighted by Gasteiger charge is 2.34. The Bertz CT molecular complexity index is 1010. The van der Waals surface area contributed by atoms with Gasteiger partial charge in [-0.15, -0.1) is 0 Å². The lowest BCUT2D eigenvalue weighted by Crippen LogP contribution is -2.52. The molecule has 0 N–H and O–H groups in total. The Labute approximate surface area is 181 Å². The van der Waals surface area contributed by atoms with Crippen LogP contribution in [0.25, 0.3) is 0 Å². The molecule has 31 heavy (non-hydrogen) atoms. The topological polar surface area (TPSA) is 55.8 Å². The Balaban J connectivity index is 1.19. The van der Waals surface area contributed by atoms with Crippen LogP contribution in [-0.4, -0.2) is 42.9 Å². The number of halogens is 1. The van der Waals surface area contributed by atoms with E-state index in [0.717, 1.165) is 5.75 Å². The fourth-order valence-corrected chi connectivity index (χ4v) is 4.86. The number of hydrogen-bond acceptors (Lipinski definition) is 4. The molecule has 2 aliphatic heterocycles. The van der Waals surface area contributed by atoms with Gasteiger partial charge in [0.15, 0.2) is 5.78 Å². The van der Waals surface area contributed by atoms with E-state index in [4.69, 9.17) is 9.47 Å². The minimum absolute atomic E-state index is 0.00278. The Morgan fingerprint density at radius 3 is 2.74 bits per heavy atom. The van der Waals surface area contributed by atoms with Crippen LogP contribution in [-0.2, 0) is 11.2 Å². The summed E-state index contributed by atoms with van der Waals surface area (Å²) in [6.45, 7) is 1.58. The van der Waals surface area contributed by atoms with Crippen LogP contribution in [0.3, 0.4) is 0 Å². The van der Waals surface area contributed by atoms with Gasteiger partial charge in [-0.1, -0.05) is 31.0 Å². The number of nitrogens with zero attached hydrogens (tertiary/aromatic N) is 1. The molecule has 2 aromatic rings. The molecule has 5 rings (SSSR count). The summed E-state index contributed by atoms with van der Waals surface area (Å²) in [6, 6.07) is 10.9. The first-order valence-electron chi connectivity index (χ1n) is 11.1. The first kappa shape index (κ1) is 20.0. The van der Waals surface area contributed by atoms with Crippen molar-refractivity contribution in [3.05, 3.63) is 58.9 Å². The second-order valence-electron chi connectivity index (χ2n) is 8.85. The number of amides is 1. The van der Waals surface area contributed by atoms with E-state index < -0.39 is 5.82 Å². The van der Waals surface area contributed by atoms with Crippen molar-refractivity contribution in [1.29, 1.82) is 0 Å². The molecule has 1 saturated heterocycles. The fraction of sp³-hybridized carbons (Fsp3) is 0.440. The first-order valence-corrected chi connectivity index (χ1v) is 11.1. The van der Waals surface area contributed by atoms with Gasteiger partial charge in [-0.3, -0.25) is 9.59 Å². The molecule has 0 unspecified atom stereocenters. The molecule has 1 amide bonds. The third-order valence-electron chi connectivity index (χ3n) is 6.59. The zero-order chi connectivity index (χ0) is 21.4. The number of carbonyl (C=O) groups is 2. The SMILES string of the molecule is O=C1COc2cc(F)c(C(=O)N3CC(COc4ccccc4C4CCCC4)C3)cc2C1. The van der Waals surface area contributed by atoms with Crippen LogP contribution in [0.5, 0.6) is 11.5 Å². The highest BCUT2D eigenvalue weighted by Crippen LogP contribution is 2.39. The monoisotopic (exact) mass is 423 g/mol. The fourth-order valence-electron chi connectivity index (χ4n) is 4.86. The maximum absolute atomic E-state index is 14.5. The van der Waals surface area contributed by atoms with Crippen LogP contribution in [0.4, 0.5) is 4.39 Å². The molecular formula is C25H26FNO4. The van der Waals surface area contributed by atoms with Crippen molar-refractivity contribution in [2.24, 2.45) is 5.92 Å². The number of ether oxygens (including phenoxy) is 2. The average molecular weight is 423 g/mol. The number of para-hydroxylation sites is 1. The molecule has 0 atom stereocenters. The van der Waals surface area contributed by atoms with Crippen molar-refractivity contribution in [3.63, 3.8) is 0 Å². The van der Waals surface area contributed by atoms with Gasteiger partial charge in [-0.2, -0.15) is 0 Å². The molecule has 2 fully saturated rings. The molecule has 2 heterocycles. The van der Waals surface area contributed by atoms with Crippen molar-refractivity contribution in [2.45, 2.75) is 38.0 Å². The summed E-state index contributed by atoms with van der Waals surface area (Å²) >= 11 is 0. The van der Waals surface area contributed by atoms with Gasteiger partial charge in [0.2, 0.25) is 0 Å². The maximum atomic E-state index is 14.5. The second-order valence-corrected chi connectivity index (χ2v) is 8.85. The third-order valence-corrected chi connectivity index (χ3v) is 6.59. The van der Waals surface area contributed by atoms with Crippen LogP contribution < -0.4 is 9.47 Å². The zero-order valence-corrected chi connectivity index (χ0v) is 17.4. The number of rotatable bonds is 5. The number of Topliss-reactive ketones (excluding diaryl/α,β-unsaturated/α-hetero) is 1. The first-order chi connectivity index (χ1) is 15.1. The number of benzene rings is 2. The number of likely N-dealkylation sites (tertiary alicyclic amines) is 1. The van der Waals surface area contributed by atoms with Crippen LogP contribution >= 0.6 is 0 Å². The van der Waals surface area contributed by atoms with Gasteiger partial charge >= 0.3 is 0 Å². The lowest BCUT2D eigenvalue weighted by atomic mass is 9.96. The third kappa shape index (κ3) is 4.03. The number of hydrogen-bond donors (Lipinski definition) is 0. The number of fused-ring (bicyclic) bond motifs is 1. The lowest BCUT2D eigenvalue weighted by Gasteiger charge is -2.39. The van der Waals surface area contributed by atoms with Crippen molar-refractivity contribution in [2.75, 3.05) is 26.3 Å². The molecule has 0 spiro atoms. The van der Waals surface area contributed by atoms with Crippen LogP contribution in [0.2, 0.25) is 0 Å². The van der Waals surface area contributed by atoms with E-state index in [-0.39, 0.29) is 36.2 Å². The van der Waals surface area contributed by atoms with E-state index in [2.05, 4.69) is 12.1 Å². The molecule has 162 valence electrons. The summed E-state index contributed by atoms with van der Waals surface area (Å²) in [7, 11) is 0. The van der Waals surface area contributed by atoms with Crippen molar-refractivity contribution >= 4 is 11.7 Å². The predicted molar refractivity (Wildman–Crippen MR) is 113 cm³/mol. The normalized spacial score (nSPS) is 19.0. The summed E-state index contributed by atoms with van der Waals surface area (Å²) < 4.78 is 25.9. The molecule has 6 heteroatoms. The Hall–Kier alpha value is -2.89. The summed E-state index contributed by atoms with van der Waals surface area (Å²) in [5.74, 6) is 1.08. The minimum Gasteiger partial charge on any atom is -0.493 e. The number of ketones is 1. The molecule has 3 aliphatic rings. The quantitative estimate of drug-likeness (QED) is 0.725. The van der Waals surface area contributed by atoms with Gasteiger partial charge in [-0.25, -0.2) is 4.39 Å². The zero-order valence-electron chi connectivity index (χ0n) is 17.4. The van der Waals surface area contributed by atoms with Crippen molar-refractivity contribution in [1.82, 2.24) is 4.90 Å². The molecule has 0 bridgehead atoms. The van der Waals surface area contributed by atoms with Gasteiger partial charge in [0.1, 0.15) is 23.9 Å². The lowest BCUT2D eigenvalue weighted by molar-refractivity contribution is -0.121. The highest BCUT2D eigenvalue weighted by molar-refractivity contribution is 5.96. The summed E-state index contributed by atoms with van der Waals surface area (Å²) in [5, 5.41) is 0. The van der Waals surface area contributed by atoms with Crippen molar-refractivity contribution < 1.29 is 23.5 Å². The molecule has 1 aliphatic carbocycles. The summed E-state index contributed by atoms with van der Waals surface area (Å²) in [6.07, 6.45) is 5.16. The number of carbonyl (C=O) groups excluding carboxylic acids is 2. The Morgan fingerprint density at radius 2 is 1.94 bits per heavy atom. The maximum Gasteiger partial charge on any atom is 0.256 e.